The van der Waals surface area contributed by atoms with Gasteiger partial charge in [0.1, 0.15) is 11.5 Å². The van der Waals surface area contributed by atoms with Crippen LogP contribution in [0.3, 0.4) is 0 Å². The minimum atomic E-state index is -0.679. The van der Waals surface area contributed by atoms with Crippen LogP contribution in [0, 0.1) is 6.92 Å². The van der Waals surface area contributed by atoms with Crippen molar-refractivity contribution < 1.29 is 24.2 Å². The molecule has 0 aromatic heterocycles. The highest BCUT2D eigenvalue weighted by atomic mass is 16.5. The Kier molecular flexibility index (Phi) is 6.09. The standard InChI is InChI=1S/C25H27NO5/c1-3-30-19-12-10-17(11-13-19)22-21(23(27)18-8-6-16(2)7-9-18)24(28)25(29)26(22)15-20-5-4-14-31-20/h6-13,20,22,27H,3-5,14-15H2,1-2H3/t20-,22-/m0/s1. The van der Waals surface area contributed by atoms with E-state index in [-0.39, 0.29) is 17.4 Å². The molecule has 2 aliphatic heterocycles. The lowest BCUT2D eigenvalue weighted by molar-refractivity contribution is -0.140. The molecule has 6 nitrogen and oxygen atoms in total. The maximum atomic E-state index is 13.0. The summed E-state index contributed by atoms with van der Waals surface area (Å²) in [5, 5.41) is 11.1. The van der Waals surface area contributed by atoms with E-state index in [9.17, 15) is 14.7 Å². The molecule has 162 valence electrons. The summed E-state index contributed by atoms with van der Waals surface area (Å²) < 4.78 is 11.2. The summed E-state index contributed by atoms with van der Waals surface area (Å²) in [6, 6.07) is 13.9. The van der Waals surface area contributed by atoms with Crippen LogP contribution < -0.4 is 4.74 Å². The Hall–Kier alpha value is -3.12. The van der Waals surface area contributed by atoms with E-state index in [1.54, 1.807) is 12.1 Å². The van der Waals surface area contributed by atoms with Crippen LogP contribution in [0.4, 0.5) is 0 Å². The second-order valence-electron chi connectivity index (χ2n) is 7.95. The fourth-order valence-electron chi connectivity index (χ4n) is 4.20. The van der Waals surface area contributed by atoms with Gasteiger partial charge in [0.25, 0.3) is 11.7 Å². The summed E-state index contributed by atoms with van der Waals surface area (Å²) in [5.41, 5.74) is 2.40. The summed E-state index contributed by atoms with van der Waals surface area (Å²) >= 11 is 0. The number of carbonyl (C=O) groups is 2. The van der Waals surface area contributed by atoms with Gasteiger partial charge in [-0.05, 0) is 44.4 Å². The normalized spacial score (nSPS) is 22.8. The first kappa shape index (κ1) is 21.1. The smallest absolute Gasteiger partial charge is 0.295 e. The number of aliphatic hydroxyl groups excluding tert-OH is 1. The van der Waals surface area contributed by atoms with Crippen molar-refractivity contribution in [3.8, 4) is 5.75 Å². The van der Waals surface area contributed by atoms with Crippen LogP contribution >= 0.6 is 0 Å². The van der Waals surface area contributed by atoms with Crippen molar-refractivity contribution in [2.75, 3.05) is 19.8 Å². The first-order valence-electron chi connectivity index (χ1n) is 10.7. The quantitative estimate of drug-likeness (QED) is 0.434. The predicted octanol–water partition coefficient (Wildman–Crippen LogP) is 3.99. The van der Waals surface area contributed by atoms with Crippen LogP contribution in [0.1, 0.15) is 42.5 Å². The van der Waals surface area contributed by atoms with Gasteiger partial charge in [-0.25, -0.2) is 0 Å². The number of nitrogens with zero attached hydrogens (tertiary/aromatic N) is 1. The molecule has 0 saturated carbocycles. The van der Waals surface area contributed by atoms with Crippen LogP contribution in [0.2, 0.25) is 0 Å². The average molecular weight is 421 g/mol. The van der Waals surface area contributed by atoms with Gasteiger partial charge < -0.3 is 19.5 Å². The zero-order valence-corrected chi connectivity index (χ0v) is 17.8. The van der Waals surface area contributed by atoms with Gasteiger partial charge in [-0.1, -0.05) is 42.0 Å². The van der Waals surface area contributed by atoms with Crippen LogP contribution in [0.15, 0.2) is 54.1 Å². The second-order valence-corrected chi connectivity index (χ2v) is 7.95. The molecule has 0 spiro atoms. The lowest BCUT2D eigenvalue weighted by Gasteiger charge is -2.27. The molecule has 2 heterocycles. The number of amides is 1. The third-order valence-electron chi connectivity index (χ3n) is 5.80. The molecule has 2 fully saturated rings. The highest BCUT2D eigenvalue weighted by Gasteiger charge is 2.47. The molecular formula is C25H27NO5. The Labute approximate surface area is 182 Å². The van der Waals surface area contributed by atoms with Crippen molar-refractivity contribution in [1.82, 2.24) is 4.90 Å². The Morgan fingerprint density at radius 3 is 2.45 bits per heavy atom. The van der Waals surface area contributed by atoms with Crippen LogP contribution in [-0.4, -0.2) is 47.6 Å². The number of aryl methyl sites for hydroxylation is 1. The summed E-state index contributed by atoms with van der Waals surface area (Å²) in [4.78, 5) is 27.6. The third kappa shape index (κ3) is 4.21. The minimum Gasteiger partial charge on any atom is -0.507 e. The zero-order valence-electron chi connectivity index (χ0n) is 17.8. The first-order chi connectivity index (χ1) is 15.0. The van der Waals surface area contributed by atoms with Gasteiger partial charge in [0.05, 0.1) is 24.3 Å². The summed E-state index contributed by atoms with van der Waals surface area (Å²) in [7, 11) is 0. The number of benzene rings is 2. The lowest BCUT2D eigenvalue weighted by atomic mass is 9.95. The van der Waals surface area contributed by atoms with Crippen LogP contribution in [-0.2, 0) is 14.3 Å². The fourth-order valence-corrected chi connectivity index (χ4v) is 4.20. The van der Waals surface area contributed by atoms with E-state index < -0.39 is 17.7 Å². The van der Waals surface area contributed by atoms with E-state index in [0.717, 1.165) is 24.0 Å². The van der Waals surface area contributed by atoms with Gasteiger partial charge >= 0.3 is 0 Å². The Bertz CT molecular complexity index is 988. The molecule has 2 aromatic carbocycles. The minimum absolute atomic E-state index is 0.107. The molecule has 2 atom stereocenters. The van der Waals surface area contributed by atoms with Gasteiger partial charge in [-0.15, -0.1) is 0 Å². The molecule has 1 N–H and O–H groups in total. The lowest BCUT2D eigenvalue weighted by Crippen LogP contribution is -2.36. The van der Waals surface area contributed by atoms with Crippen molar-refractivity contribution in [3.63, 3.8) is 0 Å². The molecule has 0 radical (unpaired) electrons. The zero-order chi connectivity index (χ0) is 22.0. The van der Waals surface area contributed by atoms with Gasteiger partial charge in [0.2, 0.25) is 0 Å². The van der Waals surface area contributed by atoms with Crippen molar-refractivity contribution in [2.24, 2.45) is 0 Å². The molecule has 2 aliphatic rings. The second kappa shape index (κ2) is 8.94. The van der Waals surface area contributed by atoms with Crippen LogP contribution in [0.5, 0.6) is 5.75 Å². The van der Waals surface area contributed by atoms with Gasteiger partial charge in [0.15, 0.2) is 0 Å². The molecular weight excluding hydrogens is 394 g/mol. The number of rotatable bonds is 6. The molecule has 31 heavy (non-hydrogen) atoms. The van der Waals surface area contributed by atoms with Crippen LogP contribution in [0.25, 0.3) is 5.76 Å². The third-order valence-corrected chi connectivity index (χ3v) is 5.80. The molecule has 1 amide bonds. The molecule has 2 saturated heterocycles. The highest BCUT2D eigenvalue weighted by Crippen LogP contribution is 2.40. The maximum Gasteiger partial charge on any atom is 0.295 e. The van der Waals surface area contributed by atoms with Crippen molar-refractivity contribution in [3.05, 3.63) is 70.8 Å². The van der Waals surface area contributed by atoms with E-state index in [0.29, 0.717) is 31.1 Å². The van der Waals surface area contributed by atoms with Gasteiger partial charge in [-0.3, -0.25) is 9.59 Å². The topological polar surface area (TPSA) is 76.1 Å². The summed E-state index contributed by atoms with van der Waals surface area (Å²) in [5.74, 6) is -0.731. The van der Waals surface area contributed by atoms with Crippen molar-refractivity contribution in [1.29, 1.82) is 0 Å². The Morgan fingerprint density at radius 2 is 1.84 bits per heavy atom. The van der Waals surface area contributed by atoms with Gasteiger partial charge in [-0.2, -0.15) is 0 Å². The number of ketones is 1. The van der Waals surface area contributed by atoms with E-state index in [1.165, 1.54) is 4.90 Å². The molecule has 4 rings (SSSR count). The van der Waals surface area contributed by atoms with E-state index in [1.807, 2.05) is 50.2 Å². The maximum absolute atomic E-state index is 13.0. The molecule has 6 heteroatoms. The number of Topliss-reactive ketones (excluding diaryl/α,β-unsaturated/α-hetero) is 1. The van der Waals surface area contributed by atoms with Gasteiger partial charge in [0, 0.05) is 18.7 Å². The van der Waals surface area contributed by atoms with Crippen molar-refractivity contribution >= 4 is 17.4 Å². The number of hydrogen-bond acceptors (Lipinski definition) is 5. The number of ether oxygens (including phenoxy) is 2. The first-order valence-corrected chi connectivity index (χ1v) is 10.7. The molecule has 0 aliphatic carbocycles. The number of aliphatic hydroxyl groups is 1. The highest BCUT2D eigenvalue weighted by molar-refractivity contribution is 6.46. The van der Waals surface area contributed by atoms with E-state index >= 15 is 0 Å². The summed E-state index contributed by atoms with van der Waals surface area (Å²) in [6.07, 6.45) is 1.67. The number of hydrogen-bond donors (Lipinski definition) is 1. The largest absolute Gasteiger partial charge is 0.507 e. The monoisotopic (exact) mass is 421 g/mol. The number of carbonyl (C=O) groups excluding carboxylic acids is 2. The van der Waals surface area contributed by atoms with Crippen molar-refractivity contribution in [2.45, 2.75) is 38.8 Å². The molecule has 0 bridgehead atoms. The predicted molar refractivity (Wildman–Crippen MR) is 117 cm³/mol. The average Bonchev–Trinajstić information content (AvgIpc) is 3.37. The Balaban J connectivity index is 1.78. The Morgan fingerprint density at radius 1 is 1.13 bits per heavy atom. The molecule has 0 unspecified atom stereocenters. The fraction of sp³-hybridized carbons (Fsp3) is 0.360. The van der Waals surface area contributed by atoms with E-state index in [4.69, 9.17) is 9.47 Å². The van der Waals surface area contributed by atoms with E-state index in [2.05, 4.69) is 0 Å². The SMILES string of the molecule is CCOc1ccc([C@H]2C(=C(O)c3ccc(C)cc3)C(=O)C(=O)N2C[C@@H]2CCCO2)cc1. The molecule has 2 aromatic rings. The number of likely N-dealkylation sites (tertiary alicyclic amines) is 1. The summed E-state index contributed by atoms with van der Waals surface area (Å²) in [6.45, 7) is 5.37.